The second-order valence-electron chi connectivity index (χ2n) is 5.20. The highest BCUT2D eigenvalue weighted by atomic mass is 35.5. The second-order valence-corrected chi connectivity index (χ2v) is 5.51. The molecule has 0 aromatic carbocycles. The van der Waals surface area contributed by atoms with Crippen LogP contribution in [-0.2, 0) is 4.79 Å². The minimum atomic E-state index is -0.332. The first-order chi connectivity index (χ1) is 6.27. The van der Waals surface area contributed by atoms with Crippen molar-refractivity contribution in [2.24, 2.45) is 11.3 Å². The Balaban J connectivity index is 4.12. The molecular formula is C11H22ClNO. The van der Waals surface area contributed by atoms with E-state index < -0.39 is 0 Å². The van der Waals surface area contributed by atoms with Gasteiger partial charge in [-0.15, -0.1) is 11.6 Å². The van der Waals surface area contributed by atoms with Crippen molar-refractivity contribution in [1.82, 2.24) is 5.32 Å². The van der Waals surface area contributed by atoms with E-state index in [4.69, 9.17) is 11.6 Å². The van der Waals surface area contributed by atoms with Crippen LogP contribution in [-0.4, -0.2) is 17.8 Å². The van der Waals surface area contributed by atoms with Crippen LogP contribution in [0.5, 0.6) is 0 Å². The standard InChI is InChI=1S/C11H22ClNO/c1-8(2)6-9(7-12)13-10(14)11(3,4)5/h8-9H,6-7H2,1-5H3,(H,13,14). The van der Waals surface area contributed by atoms with Crippen LogP contribution in [0.3, 0.4) is 0 Å². The molecule has 84 valence electrons. The average molecular weight is 220 g/mol. The van der Waals surface area contributed by atoms with Crippen molar-refractivity contribution in [3.63, 3.8) is 0 Å². The Hall–Kier alpha value is -0.240. The minimum Gasteiger partial charge on any atom is -0.352 e. The molecule has 0 saturated carbocycles. The quantitative estimate of drug-likeness (QED) is 0.724. The molecule has 0 aromatic rings. The number of nitrogens with one attached hydrogen (secondary N) is 1. The molecule has 0 radical (unpaired) electrons. The molecule has 0 fully saturated rings. The molecule has 1 N–H and O–H groups in total. The molecule has 0 aliphatic heterocycles. The minimum absolute atomic E-state index is 0.0730. The van der Waals surface area contributed by atoms with Crippen LogP contribution in [0.15, 0.2) is 0 Å². The number of carbonyl (C=O) groups is 1. The largest absolute Gasteiger partial charge is 0.352 e. The number of rotatable bonds is 4. The molecule has 0 aliphatic rings. The van der Waals surface area contributed by atoms with Gasteiger partial charge in [0.25, 0.3) is 0 Å². The van der Waals surface area contributed by atoms with E-state index >= 15 is 0 Å². The Morgan fingerprint density at radius 1 is 1.36 bits per heavy atom. The van der Waals surface area contributed by atoms with Crippen LogP contribution in [0.1, 0.15) is 41.0 Å². The number of halogens is 1. The lowest BCUT2D eigenvalue weighted by molar-refractivity contribution is -0.129. The van der Waals surface area contributed by atoms with Crippen LogP contribution in [0, 0.1) is 11.3 Å². The van der Waals surface area contributed by atoms with Crippen LogP contribution in [0.2, 0.25) is 0 Å². The highest BCUT2D eigenvalue weighted by Crippen LogP contribution is 2.14. The fourth-order valence-corrected chi connectivity index (χ4v) is 1.33. The lowest BCUT2D eigenvalue weighted by atomic mass is 9.94. The average Bonchev–Trinajstić information content (AvgIpc) is 2.00. The van der Waals surface area contributed by atoms with E-state index in [-0.39, 0.29) is 17.4 Å². The molecule has 0 heterocycles. The second kappa shape index (κ2) is 5.59. The third kappa shape index (κ3) is 5.48. The van der Waals surface area contributed by atoms with Gasteiger partial charge in [0.05, 0.1) is 0 Å². The maximum atomic E-state index is 11.6. The summed E-state index contributed by atoms with van der Waals surface area (Å²) in [6, 6.07) is 0.100. The Bertz CT molecular complexity index is 184. The smallest absolute Gasteiger partial charge is 0.225 e. The number of carbonyl (C=O) groups excluding carboxylic acids is 1. The third-order valence-corrected chi connectivity index (χ3v) is 2.33. The third-order valence-electron chi connectivity index (χ3n) is 1.96. The number of hydrogen-bond acceptors (Lipinski definition) is 1. The number of amides is 1. The Morgan fingerprint density at radius 2 is 1.86 bits per heavy atom. The maximum absolute atomic E-state index is 11.6. The molecule has 3 heteroatoms. The van der Waals surface area contributed by atoms with Crippen molar-refractivity contribution in [1.29, 1.82) is 0 Å². The van der Waals surface area contributed by atoms with E-state index in [2.05, 4.69) is 19.2 Å². The van der Waals surface area contributed by atoms with E-state index in [1.54, 1.807) is 0 Å². The summed E-state index contributed by atoms with van der Waals surface area (Å²) in [4.78, 5) is 11.6. The molecule has 1 unspecified atom stereocenters. The van der Waals surface area contributed by atoms with Crippen molar-refractivity contribution in [3.05, 3.63) is 0 Å². The number of alkyl halides is 1. The summed E-state index contributed by atoms with van der Waals surface area (Å²) in [6.45, 7) is 9.97. The van der Waals surface area contributed by atoms with Gasteiger partial charge in [-0.25, -0.2) is 0 Å². The van der Waals surface area contributed by atoms with Crippen molar-refractivity contribution in [2.75, 3.05) is 5.88 Å². The van der Waals surface area contributed by atoms with E-state index in [9.17, 15) is 4.79 Å². The first-order valence-corrected chi connectivity index (χ1v) is 5.67. The first kappa shape index (κ1) is 13.8. The zero-order valence-corrected chi connectivity index (χ0v) is 10.6. The van der Waals surface area contributed by atoms with E-state index in [0.717, 1.165) is 6.42 Å². The summed E-state index contributed by atoms with van der Waals surface area (Å²) in [6.07, 6.45) is 0.936. The van der Waals surface area contributed by atoms with E-state index in [1.165, 1.54) is 0 Å². The van der Waals surface area contributed by atoms with Gasteiger partial charge in [-0.1, -0.05) is 34.6 Å². The molecular weight excluding hydrogens is 198 g/mol. The zero-order valence-electron chi connectivity index (χ0n) is 9.86. The van der Waals surface area contributed by atoms with Crippen LogP contribution < -0.4 is 5.32 Å². The fourth-order valence-electron chi connectivity index (χ4n) is 1.13. The van der Waals surface area contributed by atoms with Gasteiger partial charge < -0.3 is 5.32 Å². The van der Waals surface area contributed by atoms with Crippen LogP contribution >= 0.6 is 11.6 Å². The maximum Gasteiger partial charge on any atom is 0.225 e. The Kier molecular flexibility index (Phi) is 5.50. The fraction of sp³-hybridized carbons (Fsp3) is 0.909. The predicted molar refractivity (Wildman–Crippen MR) is 61.6 cm³/mol. The molecule has 0 spiro atoms. The zero-order chi connectivity index (χ0) is 11.4. The van der Waals surface area contributed by atoms with Gasteiger partial charge >= 0.3 is 0 Å². The van der Waals surface area contributed by atoms with Gasteiger partial charge in [-0.05, 0) is 12.3 Å². The van der Waals surface area contributed by atoms with Gasteiger partial charge in [-0.2, -0.15) is 0 Å². The van der Waals surface area contributed by atoms with Gasteiger partial charge in [0.15, 0.2) is 0 Å². The van der Waals surface area contributed by atoms with Gasteiger partial charge in [-0.3, -0.25) is 4.79 Å². The van der Waals surface area contributed by atoms with Gasteiger partial charge in [0.1, 0.15) is 0 Å². The first-order valence-electron chi connectivity index (χ1n) is 5.14. The van der Waals surface area contributed by atoms with Gasteiger partial charge in [0.2, 0.25) is 5.91 Å². The van der Waals surface area contributed by atoms with Crippen molar-refractivity contribution < 1.29 is 4.79 Å². The van der Waals surface area contributed by atoms with Gasteiger partial charge in [0, 0.05) is 17.3 Å². The molecule has 0 saturated heterocycles. The molecule has 2 nitrogen and oxygen atoms in total. The molecule has 1 atom stereocenters. The lowest BCUT2D eigenvalue weighted by Gasteiger charge is -2.24. The summed E-state index contributed by atoms with van der Waals surface area (Å²) in [5.41, 5.74) is -0.332. The van der Waals surface area contributed by atoms with E-state index in [0.29, 0.717) is 11.8 Å². The molecule has 0 aliphatic carbocycles. The monoisotopic (exact) mass is 219 g/mol. The van der Waals surface area contributed by atoms with Crippen molar-refractivity contribution >= 4 is 17.5 Å². The Morgan fingerprint density at radius 3 is 2.14 bits per heavy atom. The molecule has 0 aromatic heterocycles. The summed E-state index contributed by atoms with van der Waals surface area (Å²) in [5, 5.41) is 2.97. The normalized spacial score (nSPS) is 14.2. The molecule has 0 rings (SSSR count). The molecule has 1 amide bonds. The topological polar surface area (TPSA) is 29.1 Å². The summed E-state index contributed by atoms with van der Waals surface area (Å²) >= 11 is 5.79. The van der Waals surface area contributed by atoms with E-state index in [1.807, 2.05) is 20.8 Å². The summed E-state index contributed by atoms with van der Waals surface area (Å²) in [7, 11) is 0. The Labute approximate surface area is 92.4 Å². The molecule has 14 heavy (non-hydrogen) atoms. The summed E-state index contributed by atoms with van der Waals surface area (Å²) in [5.74, 6) is 1.11. The van der Waals surface area contributed by atoms with Crippen molar-refractivity contribution in [2.45, 2.75) is 47.1 Å². The van der Waals surface area contributed by atoms with Crippen molar-refractivity contribution in [3.8, 4) is 0 Å². The predicted octanol–water partition coefficient (Wildman–Crippen LogP) is 2.80. The highest BCUT2D eigenvalue weighted by molar-refractivity contribution is 6.18. The highest BCUT2D eigenvalue weighted by Gasteiger charge is 2.23. The van der Waals surface area contributed by atoms with Crippen LogP contribution in [0.25, 0.3) is 0 Å². The SMILES string of the molecule is CC(C)CC(CCl)NC(=O)C(C)(C)C. The lowest BCUT2D eigenvalue weighted by Crippen LogP contribution is -2.43. The molecule has 0 bridgehead atoms. The summed E-state index contributed by atoms with van der Waals surface area (Å²) < 4.78 is 0. The van der Waals surface area contributed by atoms with Crippen LogP contribution in [0.4, 0.5) is 0 Å². The number of hydrogen-bond donors (Lipinski definition) is 1.